The number of carbonyl (C=O) groups is 1. The largest absolute Gasteiger partial charge is 0.493 e. The molecule has 0 aromatic heterocycles. The molecular formula is C22H20N2O5S. The molecule has 0 saturated heterocycles. The summed E-state index contributed by atoms with van der Waals surface area (Å²) < 4.78 is 35.2. The number of sulfonamides is 1. The van der Waals surface area contributed by atoms with Crippen molar-refractivity contribution in [2.75, 3.05) is 7.11 Å². The van der Waals surface area contributed by atoms with Crippen molar-refractivity contribution in [2.24, 2.45) is 5.10 Å². The summed E-state index contributed by atoms with van der Waals surface area (Å²) in [6.07, 6.45) is 1.33. The molecule has 0 saturated carbocycles. The highest BCUT2D eigenvalue weighted by molar-refractivity contribution is 7.89. The van der Waals surface area contributed by atoms with E-state index in [1.807, 2.05) is 6.92 Å². The summed E-state index contributed by atoms with van der Waals surface area (Å²) in [7, 11) is -2.33. The lowest BCUT2D eigenvalue weighted by molar-refractivity contribution is 0.0729. The third-order valence-electron chi connectivity index (χ3n) is 4.12. The fourth-order valence-electron chi connectivity index (χ4n) is 2.52. The maximum atomic E-state index is 12.3. The number of carbonyl (C=O) groups excluding carboxylic acids is 1. The molecule has 154 valence electrons. The summed E-state index contributed by atoms with van der Waals surface area (Å²) in [4.78, 5) is 14.5. The van der Waals surface area contributed by atoms with Gasteiger partial charge in [0, 0.05) is 0 Å². The van der Waals surface area contributed by atoms with Crippen LogP contribution in [0.3, 0.4) is 0 Å². The Balaban J connectivity index is 1.71. The molecule has 0 bridgehead atoms. The minimum Gasteiger partial charge on any atom is -0.493 e. The van der Waals surface area contributed by atoms with Gasteiger partial charge in [0.25, 0.3) is 10.0 Å². The summed E-state index contributed by atoms with van der Waals surface area (Å²) in [6, 6.07) is 19.8. The highest BCUT2D eigenvalue weighted by Crippen LogP contribution is 2.28. The highest BCUT2D eigenvalue weighted by atomic mass is 32.2. The highest BCUT2D eigenvalue weighted by Gasteiger charge is 2.13. The van der Waals surface area contributed by atoms with E-state index < -0.39 is 16.0 Å². The van der Waals surface area contributed by atoms with Gasteiger partial charge in [-0.3, -0.25) is 0 Å². The van der Waals surface area contributed by atoms with E-state index in [4.69, 9.17) is 9.47 Å². The van der Waals surface area contributed by atoms with E-state index in [0.717, 1.165) is 5.56 Å². The minimum absolute atomic E-state index is 0.117. The van der Waals surface area contributed by atoms with Crippen molar-refractivity contribution in [1.29, 1.82) is 0 Å². The molecule has 0 spiro atoms. The van der Waals surface area contributed by atoms with Crippen molar-refractivity contribution < 1.29 is 22.7 Å². The van der Waals surface area contributed by atoms with E-state index in [9.17, 15) is 13.2 Å². The van der Waals surface area contributed by atoms with Gasteiger partial charge in [-0.1, -0.05) is 35.9 Å². The summed E-state index contributed by atoms with van der Waals surface area (Å²) in [5.74, 6) is 0.0366. The Morgan fingerprint density at radius 1 is 0.967 bits per heavy atom. The second-order valence-electron chi connectivity index (χ2n) is 6.33. The first-order chi connectivity index (χ1) is 14.4. The van der Waals surface area contributed by atoms with Crippen molar-refractivity contribution in [2.45, 2.75) is 11.8 Å². The fraction of sp³-hybridized carbons (Fsp3) is 0.0909. The van der Waals surface area contributed by atoms with Crippen LogP contribution in [0.4, 0.5) is 0 Å². The smallest absolute Gasteiger partial charge is 0.343 e. The van der Waals surface area contributed by atoms with Crippen LogP contribution in [0.15, 0.2) is 82.8 Å². The Kier molecular flexibility index (Phi) is 6.48. The lowest BCUT2D eigenvalue weighted by Crippen LogP contribution is -2.18. The van der Waals surface area contributed by atoms with E-state index in [1.165, 1.54) is 25.5 Å². The van der Waals surface area contributed by atoms with Crippen LogP contribution >= 0.6 is 0 Å². The number of nitrogens with one attached hydrogen (secondary N) is 1. The number of hydrogen-bond donors (Lipinski definition) is 1. The molecule has 0 fully saturated rings. The second kappa shape index (κ2) is 9.23. The molecule has 0 aliphatic carbocycles. The molecule has 0 aliphatic rings. The summed E-state index contributed by atoms with van der Waals surface area (Å²) in [6.45, 7) is 1.87. The Morgan fingerprint density at radius 3 is 2.33 bits per heavy atom. The van der Waals surface area contributed by atoms with Crippen LogP contribution in [-0.2, 0) is 10.0 Å². The molecule has 7 nitrogen and oxygen atoms in total. The molecule has 3 aromatic rings. The van der Waals surface area contributed by atoms with E-state index in [-0.39, 0.29) is 10.6 Å². The van der Waals surface area contributed by atoms with Gasteiger partial charge in [0.1, 0.15) is 0 Å². The van der Waals surface area contributed by atoms with Crippen LogP contribution in [0, 0.1) is 6.92 Å². The third-order valence-corrected chi connectivity index (χ3v) is 5.36. The number of hydrazone groups is 1. The van der Waals surface area contributed by atoms with Crippen LogP contribution in [-0.4, -0.2) is 27.7 Å². The molecule has 0 amide bonds. The number of benzene rings is 3. The lowest BCUT2D eigenvalue weighted by Gasteiger charge is -2.10. The summed E-state index contributed by atoms with van der Waals surface area (Å²) in [5, 5.41) is 3.80. The Bertz CT molecular complexity index is 1160. The first kappa shape index (κ1) is 21.1. The molecule has 0 atom stereocenters. The number of methoxy groups -OCH3 is 1. The molecule has 3 aromatic carbocycles. The maximum absolute atomic E-state index is 12.3. The molecule has 30 heavy (non-hydrogen) atoms. The van der Waals surface area contributed by atoms with Crippen molar-refractivity contribution in [1.82, 2.24) is 4.83 Å². The van der Waals surface area contributed by atoms with Gasteiger partial charge in [-0.2, -0.15) is 13.5 Å². The zero-order chi connectivity index (χ0) is 21.6. The van der Waals surface area contributed by atoms with Gasteiger partial charge in [-0.25, -0.2) is 9.63 Å². The van der Waals surface area contributed by atoms with Crippen molar-refractivity contribution in [3.8, 4) is 11.5 Å². The SMILES string of the molecule is COc1cc(/C=N/NS(=O)(=O)c2ccc(C)cc2)ccc1OC(=O)c1ccccc1. The molecule has 0 unspecified atom stereocenters. The normalized spacial score (nSPS) is 11.3. The van der Waals surface area contributed by atoms with E-state index in [1.54, 1.807) is 60.7 Å². The fourth-order valence-corrected chi connectivity index (χ4v) is 3.31. The van der Waals surface area contributed by atoms with Crippen molar-refractivity contribution in [3.05, 3.63) is 89.5 Å². The standard InChI is InChI=1S/C22H20N2O5S/c1-16-8-11-19(12-9-16)30(26,27)24-23-15-17-10-13-20(21(14-17)28-2)29-22(25)18-6-4-3-5-7-18/h3-15,24H,1-2H3/b23-15+. The van der Waals surface area contributed by atoms with Crippen LogP contribution in [0.5, 0.6) is 11.5 Å². The van der Waals surface area contributed by atoms with Crippen LogP contribution < -0.4 is 14.3 Å². The molecule has 0 heterocycles. The molecule has 1 N–H and O–H groups in total. The number of rotatable bonds is 7. The van der Waals surface area contributed by atoms with Gasteiger partial charge in [0.15, 0.2) is 11.5 Å². The van der Waals surface area contributed by atoms with Gasteiger partial charge >= 0.3 is 5.97 Å². The van der Waals surface area contributed by atoms with Gasteiger partial charge < -0.3 is 9.47 Å². The second-order valence-corrected chi connectivity index (χ2v) is 7.99. The molecular weight excluding hydrogens is 404 g/mol. The van der Waals surface area contributed by atoms with Gasteiger partial charge in [-0.15, -0.1) is 0 Å². The van der Waals surface area contributed by atoms with Crippen LogP contribution in [0.2, 0.25) is 0 Å². The molecule has 0 radical (unpaired) electrons. The predicted molar refractivity (Wildman–Crippen MR) is 113 cm³/mol. The number of esters is 1. The van der Waals surface area contributed by atoms with Crippen molar-refractivity contribution >= 4 is 22.2 Å². The Labute approximate surface area is 175 Å². The lowest BCUT2D eigenvalue weighted by atomic mass is 10.2. The average Bonchev–Trinajstić information content (AvgIpc) is 2.75. The zero-order valence-corrected chi connectivity index (χ0v) is 17.2. The van der Waals surface area contributed by atoms with Gasteiger partial charge in [0.05, 0.1) is 23.8 Å². The van der Waals surface area contributed by atoms with E-state index in [2.05, 4.69) is 9.93 Å². The first-order valence-corrected chi connectivity index (χ1v) is 10.4. The summed E-state index contributed by atoms with van der Waals surface area (Å²) >= 11 is 0. The molecule has 0 aliphatic heterocycles. The minimum atomic E-state index is -3.77. The number of ether oxygens (including phenoxy) is 2. The monoisotopic (exact) mass is 424 g/mol. The summed E-state index contributed by atoms with van der Waals surface area (Å²) in [5.41, 5.74) is 1.92. The van der Waals surface area contributed by atoms with E-state index in [0.29, 0.717) is 16.9 Å². The number of aryl methyl sites for hydroxylation is 1. The molecule has 3 rings (SSSR count). The maximum Gasteiger partial charge on any atom is 0.343 e. The Morgan fingerprint density at radius 2 is 1.67 bits per heavy atom. The quantitative estimate of drug-likeness (QED) is 0.271. The molecule has 8 heteroatoms. The average molecular weight is 424 g/mol. The van der Waals surface area contributed by atoms with Gasteiger partial charge in [-0.05, 0) is 55.0 Å². The third kappa shape index (κ3) is 5.24. The van der Waals surface area contributed by atoms with Crippen LogP contribution in [0.25, 0.3) is 0 Å². The van der Waals surface area contributed by atoms with Gasteiger partial charge in [0.2, 0.25) is 0 Å². The topological polar surface area (TPSA) is 94.1 Å². The van der Waals surface area contributed by atoms with E-state index >= 15 is 0 Å². The number of hydrogen-bond acceptors (Lipinski definition) is 6. The van der Waals surface area contributed by atoms with Crippen LogP contribution in [0.1, 0.15) is 21.5 Å². The zero-order valence-electron chi connectivity index (χ0n) is 16.4. The Hall–Kier alpha value is -3.65. The van der Waals surface area contributed by atoms with Crippen molar-refractivity contribution in [3.63, 3.8) is 0 Å². The predicted octanol–water partition coefficient (Wildman–Crippen LogP) is 3.54. The first-order valence-electron chi connectivity index (χ1n) is 8.96. The number of nitrogens with zero attached hydrogens (tertiary/aromatic N) is 1.